The average molecular weight is 632 g/mol. The minimum absolute atomic E-state index is 0.000272. The van der Waals surface area contributed by atoms with Crippen LogP contribution in [0, 0.1) is 12.7 Å². The summed E-state index contributed by atoms with van der Waals surface area (Å²) in [6, 6.07) is 13.3. The molecule has 0 saturated carbocycles. The van der Waals surface area contributed by atoms with Crippen LogP contribution in [-0.2, 0) is 11.2 Å². The zero-order valence-electron chi connectivity index (χ0n) is 24.9. The summed E-state index contributed by atoms with van der Waals surface area (Å²) in [5.74, 6) is -1.01. The summed E-state index contributed by atoms with van der Waals surface area (Å²) < 4.78 is 52.6. The lowest BCUT2D eigenvalue weighted by molar-refractivity contribution is -0.121. The van der Waals surface area contributed by atoms with E-state index in [0.717, 1.165) is 4.90 Å². The van der Waals surface area contributed by atoms with E-state index >= 15 is 0 Å². The van der Waals surface area contributed by atoms with Crippen LogP contribution in [0.25, 0.3) is 11.8 Å². The Labute approximate surface area is 261 Å². The number of aromatic nitrogens is 2. The lowest BCUT2D eigenvalue weighted by atomic mass is 10.0. The average Bonchev–Trinajstić information content (AvgIpc) is 3.65. The summed E-state index contributed by atoms with van der Waals surface area (Å²) in [5.41, 5.74) is 7.95. The number of aryl methyl sites for hydroxylation is 1. The zero-order valence-corrected chi connectivity index (χ0v) is 24.9. The van der Waals surface area contributed by atoms with E-state index in [-0.39, 0.29) is 35.0 Å². The minimum atomic E-state index is -2.80. The van der Waals surface area contributed by atoms with Crippen molar-refractivity contribution in [2.75, 3.05) is 17.2 Å². The number of ketones is 1. The SMILES string of the molecule is Cc1cc(-n2ncc(C(=O)C3=Cc4cc(OCC(F)F)c(N5C(=O)NC(C)(C)C5=O)cc4C3)c2N)ccc1Oc1ccccc1F. The molecule has 3 aromatic carbocycles. The van der Waals surface area contributed by atoms with E-state index in [2.05, 4.69) is 10.4 Å². The Bertz CT molecular complexity index is 1950. The molecule has 3 N–H and O–H groups in total. The number of hydrogen-bond donors (Lipinski definition) is 2. The number of carbonyl (C=O) groups is 3. The number of ether oxygens (including phenoxy) is 2. The Hall–Kier alpha value is -5.59. The topological polar surface area (TPSA) is 129 Å². The number of para-hydroxylation sites is 1. The van der Waals surface area contributed by atoms with Gasteiger partial charge in [-0.3, -0.25) is 9.59 Å². The van der Waals surface area contributed by atoms with Crippen LogP contribution in [-0.4, -0.2) is 46.1 Å². The first-order valence-electron chi connectivity index (χ1n) is 14.2. The summed E-state index contributed by atoms with van der Waals surface area (Å²) in [7, 11) is 0. The number of Topliss-reactive ketones (excluding diaryl/α,β-unsaturated/α-hetero) is 1. The number of alkyl halides is 2. The van der Waals surface area contributed by atoms with Gasteiger partial charge in [-0.25, -0.2) is 27.5 Å². The molecule has 0 spiro atoms. The maximum absolute atomic E-state index is 14.1. The number of urea groups is 1. The first-order valence-corrected chi connectivity index (χ1v) is 14.2. The zero-order chi connectivity index (χ0) is 32.9. The summed E-state index contributed by atoms with van der Waals surface area (Å²) in [5, 5.41) is 6.87. The Morgan fingerprint density at radius 2 is 1.85 bits per heavy atom. The second kappa shape index (κ2) is 11.4. The molecule has 1 aliphatic carbocycles. The van der Waals surface area contributed by atoms with Crippen molar-refractivity contribution in [1.29, 1.82) is 0 Å². The van der Waals surface area contributed by atoms with Crippen LogP contribution in [0.15, 0.2) is 66.4 Å². The third-order valence-corrected chi connectivity index (χ3v) is 7.70. The summed E-state index contributed by atoms with van der Waals surface area (Å²) >= 11 is 0. The number of rotatable bonds is 9. The Kier molecular flexibility index (Phi) is 7.54. The van der Waals surface area contributed by atoms with Gasteiger partial charge in [0.1, 0.15) is 29.5 Å². The highest BCUT2D eigenvalue weighted by Crippen LogP contribution is 2.40. The molecule has 236 valence electrons. The van der Waals surface area contributed by atoms with Crippen LogP contribution in [0.4, 0.5) is 29.5 Å². The highest BCUT2D eigenvalue weighted by atomic mass is 19.3. The van der Waals surface area contributed by atoms with Crippen molar-refractivity contribution in [3.05, 3.63) is 94.4 Å². The van der Waals surface area contributed by atoms with Crippen molar-refractivity contribution >= 4 is 35.3 Å². The Morgan fingerprint density at radius 3 is 2.52 bits per heavy atom. The van der Waals surface area contributed by atoms with E-state index in [9.17, 15) is 27.6 Å². The van der Waals surface area contributed by atoms with Crippen molar-refractivity contribution < 1.29 is 37.0 Å². The van der Waals surface area contributed by atoms with Crippen LogP contribution in [0.1, 0.15) is 40.9 Å². The standard InChI is InChI=1S/C33H28F3N5O5/c1-17-10-21(8-9-25(17)46-26-7-5-4-6-23(26)34)41-30(37)22(15-38-41)29(42)20-11-18-13-24(40-31(43)33(2,3)39-32(40)44)27(14-19(18)12-20)45-16-28(35)36/h4-10,12-15,28H,11,16,37H2,1-3H3,(H,39,44). The fourth-order valence-electron chi connectivity index (χ4n) is 5.35. The fourth-order valence-corrected chi connectivity index (χ4v) is 5.35. The monoisotopic (exact) mass is 631 g/mol. The number of nitrogen functional groups attached to an aromatic ring is 1. The van der Waals surface area contributed by atoms with Crippen LogP contribution in [0.2, 0.25) is 0 Å². The van der Waals surface area contributed by atoms with Crippen molar-refractivity contribution in [3.8, 4) is 22.9 Å². The molecule has 4 aromatic rings. The summed E-state index contributed by atoms with van der Waals surface area (Å²) in [4.78, 5) is 40.2. The van der Waals surface area contributed by atoms with Crippen molar-refractivity contribution in [1.82, 2.24) is 15.1 Å². The maximum Gasteiger partial charge on any atom is 0.329 e. The number of imide groups is 1. The van der Waals surface area contributed by atoms with Crippen molar-refractivity contribution in [2.45, 2.75) is 39.2 Å². The van der Waals surface area contributed by atoms with Gasteiger partial charge in [0, 0.05) is 12.0 Å². The number of nitrogens with one attached hydrogen (secondary N) is 1. The van der Waals surface area contributed by atoms with Gasteiger partial charge in [-0.1, -0.05) is 12.1 Å². The van der Waals surface area contributed by atoms with Crippen LogP contribution >= 0.6 is 0 Å². The number of nitrogens with zero attached hydrogens (tertiary/aromatic N) is 3. The summed E-state index contributed by atoms with van der Waals surface area (Å²) in [6.45, 7) is 3.87. The Morgan fingerprint density at radius 1 is 1.09 bits per heavy atom. The quantitative estimate of drug-likeness (QED) is 0.171. The molecule has 6 rings (SSSR count). The molecule has 10 nitrogen and oxygen atoms in total. The van der Waals surface area contributed by atoms with Gasteiger partial charge >= 0.3 is 6.03 Å². The van der Waals surface area contributed by atoms with Gasteiger partial charge in [0.05, 0.1) is 23.1 Å². The first kappa shape index (κ1) is 30.4. The molecule has 1 fully saturated rings. The molecule has 1 saturated heterocycles. The molecule has 1 aliphatic heterocycles. The lowest BCUT2D eigenvalue weighted by Gasteiger charge is -2.20. The van der Waals surface area contributed by atoms with Gasteiger partial charge in [-0.05, 0) is 86.0 Å². The number of anilines is 2. The number of nitrogens with two attached hydrogens (primary N) is 1. The molecule has 13 heteroatoms. The number of allylic oxidation sites excluding steroid dienone is 1. The van der Waals surface area contributed by atoms with Gasteiger partial charge in [-0.15, -0.1) is 0 Å². The van der Waals surface area contributed by atoms with E-state index in [1.165, 1.54) is 49.0 Å². The summed E-state index contributed by atoms with van der Waals surface area (Å²) in [6.07, 6.45) is 0.253. The number of fused-ring (bicyclic) bond motifs is 1. The molecule has 2 heterocycles. The fraction of sp³-hybridized carbons (Fsp3) is 0.212. The number of carbonyl (C=O) groups excluding carboxylic acids is 3. The molecule has 3 amide bonds. The second-order valence-corrected chi connectivity index (χ2v) is 11.4. The maximum atomic E-state index is 14.1. The largest absolute Gasteiger partial charge is 0.485 e. The van der Waals surface area contributed by atoms with Gasteiger partial charge in [0.25, 0.3) is 12.3 Å². The molecular formula is C33H28F3N5O5. The molecule has 46 heavy (non-hydrogen) atoms. The highest BCUT2D eigenvalue weighted by Gasteiger charge is 2.46. The van der Waals surface area contributed by atoms with Crippen molar-refractivity contribution in [2.24, 2.45) is 0 Å². The first-order chi connectivity index (χ1) is 21.8. The molecule has 1 aromatic heterocycles. The molecule has 2 aliphatic rings. The van der Waals surface area contributed by atoms with Crippen molar-refractivity contribution in [3.63, 3.8) is 0 Å². The predicted octanol–water partition coefficient (Wildman–Crippen LogP) is 6.00. The molecule has 0 atom stereocenters. The third-order valence-electron chi connectivity index (χ3n) is 7.70. The molecular weight excluding hydrogens is 603 g/mol. The molecule has 0 radical (unpaired) electrons. The van der Waals surface area contributed by atoms with E-state index in [1.54, 1.807) is 43.3 Å². The van der Waals surface area contributed by atoms with E-state index in [4.69, 9.17) is 15.2 Å². The highest BCUT2D eigenvalue weighted by molar-refractivity contribution is 6.24. The normalized spacial score (nSPS) is 15.2. The van der Waals surface area contributed by atoms with Gasteiger partial charge in [0.15, 0.2) is 17.3 Å². The number of hydrogen-bond acceptors (Lipinski definition) is 7. The second-order valence-electron chi connectivity index (χ2n) is 11.4. The van der Waals surface area contributed by atoms with Gasteiger partial charge < -0.3 is 20.5 Å². The van der Waals surface area contributed by atoms with Crippen LogP contribution < -0.4 is 25.4 Å². The van der Waals surface area contributed by atoms with E-state index in [0.29, 0.717) is 33.7 Å². The number of halogens is 3. The Balaban J connectivity index is 1.26. The van der Waals surface area contributed by atoms with E-state index < -0.39 is 42.1 Å². The van der Waals surface area contributed by atoms with Gasteiger partial charge in [-0.2, -0.15) is 5.10 Å². The van der Waals surface area contributed by atoms with E-state index in [1.807, 2.05) is 0 Å². The minimum Gasteiger partial charge on any atom is -0.485 e. The van der Waals surface area contributed by atoms with Crippen LogP contribution in [0.5, 0.6) is 17.2 Å². The number of amides is 3. The number of benzene rings is 3. The molecule has 0 unspecified atom stereocenters. The lowest BCUT2D eigenvalue weighted by Crippen LogP contribution is -2.40. The smallest absolute Gasteiger partial charge is 0.329 e. The van der Waals surface area contributed by atoms with Crippen LogP contribution in [0.3, 0.4) is 0 Å². The van der Waals surface area contributed by atoms with Gasteiger partial charge in [0.2, 0.25) is 0 Å². The predicted molar refractivity (Wildman–Crippen MR) is 163 cm³/mol. The molecule has 0 bridgehead atoms. The third kappa shape index (κ3) is 5.44.